The third kappa shape index (κ3) is 3.24. The standard InChI is InChI=1S/C15H14N2O7/c1-3-24-15(20)11-7-9-6-10(17(21)22)4-5-12(9)16(14(11)19)8-13(18)23-2/h4-7H,3,8H2,1-2H3. The number of hydrogen-bond acceptors (Lipinski definition) is 7. The number of methoxy groups -OCH3 is 1. The first kappa shape index (κ1) is 17.1. The Balaban J connectivity index is 2.76. The fourth-order valence-electron chi connectivity index (χ4n) is 2.19. The predicted octanol–water partition coefficient (Wildman–Crippen LogP) is 1.26. The molecule has 1 aromatic carbocycles. The SMILES string of the molecule is CCOC(=O)c1cc2cc([N+](=O)[O-])ccc2n(CC(=O)OC)c1=O. The van der Waals surface area contributed by atoms with Crippen molar-refractivity contribution in [2.24, 2.45) is 0 Å². The first-order chi connectivity index (χ1) is 11.4. The number of esters is 2. The Morgan fingerprint density at radius 3 is 2.58 bits per heavy atom. The molecule has 0 aliphatic carbocycles. The van der Waals surface area contributed by atoms with Crippen molar-refractivity contribution < 1.29 is 24.0 Å². The lowest BCUT2D eigenvalue weighted by atomic mass is 10.1. The summed E-state index contributed by atoms with van der Waals surface area (Å²) in [5, 5.41) is 11.2. The van der Waals surface area contributed by atoms with E-state index in [0.717, 1.165) is 11.7 Å². The van der Waals surface area contributed by atoms with Crippen LogP contribution in [0.1, 0.15) is 17.3 Å². The normalized spacial score (nSPS) is 10.4. The van der Waals surface area contributed by atoms with E-state index in [9.17, 15) is 24.5 Å². The second-order valence-corrected chi connectivity index (χ2v) is 4.75. The molecule has 9 nitrogen and oxygen atoms in total. The van der Waals surface area contributed by atoms with Gasteiger partial charge in [-0.15, -0.1) is 0 Å². The fourth-order valence-corrected chi connectivity index (χ4v) is 2.19. The molecule has 2 rings (SSSR count). The summed E-state index contributed by atoms with van der Waals surface area (Å²) in [6, 6.07) is 4.98. The lowest BCUT2D eigenvalue weighted by Crippen LogP contribution is -2.30. The maximum atomic E-state index is 12.5. The molecule has 1 aromatic heterocycles. The number of nitrogens with zero attached hydrogens (tertiary/aromatic N) is 2. The lowest BCUT2D eigenvalue weighted by Gasteiger charge is -2.11. The molecule has 0 saturated heterocycles. The predicted molar refractivity (Wildman–Crippen MR) is 82.8 cm³/mol. The van der Waals surface area contributed by atoms with Gasteiger partial charge in [0, 0.05) is 17.5 Å². The van der Waals surface area contributed by atoms with Crippen LogP contribution >= 0.6 is 0 Å². The van der Waals surface area contributed by atoms with Crippen LogP contribution in [0.5, 0.6) is 0 Å². The van der Waals surface area contributed by atoms with Crippen LogP contribution in [0, 0.1) is 10.1 Å². The van der Waals surface area contributed by atoms with Gasteiger partial charge >= 0.3 is 11.9 Å². The first-order valence-electron chi connectivity index (χ1n) is 6.95. The second-order valence-electron chi connectivity index (χ2n) is 4.75. The number of benzene rings is 1. The zero-order valence-electron chi connectivity index (χ0n) is 13.0. The zero-order valence-corrected chi connectivity index (χ0v) is 13.0. The minimum atomic E-state index is -0.866. The molecule has 1 heterocycles. The highest BCUT2D eigenvalue weighted by Crippen LogP contribution is 2.21. The van der Waals surface area contributed by atoms with Gasteiger partial charge in [-0.2, -0.15) is 0 Å². The van der Waals surface area contributed by atoms with Crippen molar-refractivity contribution in [2.75, 3.05) is 13.7 Å². The molecular formula is C15H14N2O7. The molecule has 126 valence electrons. The summed E-state index contributed by atoms with van der Waals surface area (Å²) in [6.07, 6.45) is 0. The molecule has 0 spiro atoms. The van der Waals surface area contributed by atoms with Gasteiger partial charge in [0.05, 0.1) is 24.2 Å². The molecule has 24 heavy (non-hydrogen) atoms. The van der Waals surface area contributed by atoms with Gasteiger partial charge in [-0.25, -0.2) is 4.79 Å². The monoisotopic (exact) mass is 334 g/mol. The van der Waals surface area contributed by atoms with Crippen molar-refractivity contribution in [1.82, 2.24) is 4.57 Å². The van der Waals surface area contributed by atoms with Crippen LogP contribution in [0.15, 0.2) is 29.1 Å². The van der Waals surface area contributed by atoms with Crippen LogP contribution in [0.4, 0.5) is 5.69 Å². The highest BCUT2D eigenvalue weighted by molar-refractivity contribution is 5.94. The van der Waals surface area contributed by atoms with Crippen LogP contribution in [-0.2, 0) is 20.8 Å². The van der Waals surface area contributed by atoms with E-state index in [1.165, 1.54) is 24.3 Å². The summed E-state index contributed by atoms with van der Waals surface area (Å²) in [5.74, 6) is -1.56. The number of carbonyl (C=O) groups excluding carboxylic acids is 2. The Bertz CT molecular complexity index is 885. The third-order valence-electron chi connectivity index (χ3n) is 3.30. The van der Waals surface area contributed by atoms with E-state index in [-0.39, 0.29) is 28.8 Å². The first-order valence-corrected chi connectivity index (χ1v) is 6.95. The van der Waals surface area contributed by atoms with E-state index in [4.69, 9.17) is 4.74 Å². The fraction of sp³-hybridized carbons (Fsp3) is 0.267. The number of nitro benzene ring substituents is 1. The zero-order chi connectivity index (χ0) is 17.9. The molecule has 0 fully saturated rings. The number of rotatable bonds is 5. The number of carbonyl (C=O) groups is 2. The number of hydrogen-bond donors (Lipinski definition) is 0. The van der Waals surface area contributed by atoms with Gasteiger partial charge in [0.1, 0.15) is 12.1 Å². The van der Waals surface area contributed by atoms with Gasteiger partial charge in [0.15, 0.2) is 0 Å². The number of pyridine rings is 1. The Morgan fingerprint density at radius 2 is 2.00 bits per heavy atom. The summed E-state index contributed by atoms with van der Waals surface area (Å²) in [4.78, 5) is 46.3. The maximum Gasteiger partial charge on any atom is 0.343 e. The minimum absolute atomic E-state index is 0.0578. The van der Waals surface area contributed by atoms with E-state index < -0.39 is 29.0 Å². The molecular weight excluding hydrogens is 320 g/mol. The van der Waals surface area contributed by atoms with E-state index >= 15 is 0 Å². The largest absolute Gasteiger partial charge is 0.468 e. The molecule has 0 saturated carbocycles. The number of aromatic nitrogens is 1. The van der Waals surface area contributed by atoms with Gasteiger partial charge in [-0.3, -0.25) is 24.3 Å². The Kier molecular flexibility index (Phi) is 4.93. The smallest absolute Gasteiger partial charge is 0.343 e. The van der Waals surface area contributed by atoms with Gasteiger partial charge in [-0.05, 0) is 19.1 Å². The number of fused-ring (bicyclic) bond motifs is 1. The molecule has 0 radical (unpaired) electrons. The molecule has 0 aliphatic rings. The van der Waals surface area contributed by atoms with Gasteiger partial charge in [0.25, 0.3) is 11.2 Å². The highest BCUT2D eigenvalue weighted by Gasteiger charge is 2.19. The summed E-state index contributed by atoms with van der Waals surface area (Å²) in [5.41, 5.74) is -0.987. The van der Waals surface area contributed by atoms with Crippen molar-refractivity contribution >= 4 is 28.5 Å². The van der Waals surface area contributed by atoms with E-state index in [1.807, 2.05) is 0 Å². The molecule has 0 aliphatic heterocycles. The minimum Gasteiger partial charge on any atom is -0.468 e. The summed E-state index contributed by atoms with van der Waals surface area (Å²) in [6.45, 7) is 1.20. The van der Waals surface area contributed by atoms with Crippen LogP contribution in [0.2, 0.25) is 0 Å². The van der Waals surface area contributed by atoms with Crippen LogP contribution in [-0.4, -0.2) is 35.1 Å². The number of ether oxygens (including phenoxy) is 2. The Hall–Kier alpha value is -3.23. The van der Waals surface area contributed by atoms with Gasteiger partial charge < -0.3 is 9.47 Å². The second kappa shape index (κ2) is 6.90. The number of non-ortho nitro benzene ring substituents is 1. The quantitative estimate of drug-likeness (QED) is 0.459. The van der Waals surface area contributed by atoms with E-state index in [0.29, 0.717) is 0 Å². The van der Waals surface area contributed by atoms with E-state index in [2.05, 4.69) is 4.74 Å². The average molecular weight is 334 g/mol. The highest BCUT2D eigenvalue weighted by atomic mass is 16.6. The van der Waals surface area contributed by atoms with Gasteiger partial charge in [0.2, 0.25) is 0 Å². The topological polar surface area (TPSA) is 118 Å². The third-order valence-corrected chi connectivity index (χ3v) is 3.30. The van der Waals surface area contributed by atoms with Crippen molar-refractivity contribution in [3.63, 3.8) is 0 Å². The molecule has 0 unspecified atom stereocenters. The molecule has 9 heteroatoms. The van der Waals surface area contributed by atoms with Gasteiger partial charge in [-0.1, -0.05) is 0 Å². The van der Waals surface area contributed by atoms with Crippen molar-refractivity contribution in [3.05, 3.63) is 50.3 Å². The summed E-state index contributed by atoms with van der Waals surface area (Å²) in [7, 11) is 1.16. The molecule has 0 bridgehead atoms. The van der Waals surface area contributed by atoms with Crippen molar-refractivity contribution in [1.29, 1.82) is 0 Å². The lowest BCUT2D eigenvalue weighted by molar-refractivity contribution is -0.384. The summed E-state index contributed by atoms with van der Waals surface area (Å²) < 4.78 is 10.4. The molecule has 0 N–H and O–H groups in total. The molecule has 2 aromatic rings. The molecule has 0 amide bonds. The Morgan fingerprint density at radius 1 is 1.29 bits per heavy atom. The van der Waals surface area contributed by atoms with Crippen LogP contribution in [0.3, 0.4) is 0 Å². The van der Waals surface area contributed by atoms with Crippen LogP contribution < -0.4 is 5.56 Å². The maximum absolute atomic E-state index is 12.5. The number of nitro groups is 1. The van der Waals surface area contributed by atoms with Crippen LogP contribution in [0.25, 0.3) is 10.9 Å². The van der Waals surface area contributed by atoms with E-state index in [1.54, 1.807) is 6.92 Å². The van der Waals surface area contributed by atoms with Crippen molar-refractivity contribution in [3.8, 4) is 0 Å². The molecule has 0 atom stereocenters. The summed E-state index contributed by atoms with van der Waals surface area (Å²) >= 11 is 0. The Labute approximate surface area is 135 Å². The average Bonchev–Trinajstić information content (AvgIpc) is 2.56. The van der Waals surface area contributed by atoms with Crippen molar-refractivity contribution in [2.45, 2.75) is 13.5 Å².